The molecule has 7 heteroatoms. The maximum atomic E-state index is 12.3. The van der Waals surface area contributed by atoms with Gasteiger partial charge in [-0.15, -0.1) is 0 Å². The van der Waals surface area contributed by atoms with E-state index < -0.39 is 0 Å². The van der Waals surface area contributed by atoms with E-state index in [9.17, 15) is 9.59 Å². The molecule has 144 valence electrons. The van der Waals surface area contributed by atoms with E-state index in [2.05, 4.69) is 10.6 Å². The van der Waals surface area contributed by atoms with Crippen molar-refractivity contribution >= 4 is 11.8 Å². The summed E-state index contributed by atoms with van der Waals surface area (Å²) in [5.41, 5.74) is 1.06. The molecule has 0 bridgehead atoms. The Hall–Kier alpha value is -2.28. The number of benzene rings is 1. The first-order valence-corrected chi connectivity index (χ1v) is 9.19. The molecule has 1 aromatic carbocycles. The first-order chi connectivity index (χ1) is 12.6. The van der Waals surface area contributed by atoms with Gasteiger partial charge in [-0.3, -0.25) is 9.59 Å². The third kappa shape index (κ3) is 5.36. The summed E-state index contributed by atoms with van der Waals surface area (Å²) in [6.45, 7) is 3.90. The van der Waals surface area contributed by atoms with Crippen LogP contribution < -0.4 is 25.0 Å². The second-order valence-electron chi connectivity index (χ2n) is 6.51. The van der Waals surface area contributed by atoms with Crippen LogP contribution in [0.15, 0.2) is 18.2 Å². The summed E-state index contributed by atoms with van der Waals surface area (Å²) in [4.78, 5) is 25.1. The van der Waals surface area contributed by atoms with Crippen molar-refractivity contribution in [1.82, 2.24) is 10.6 Å². The summed E-state index contributed by atoms with van der Waals surface area (Å²) in [5.74, 6) is 1.33. The minimum Gasteiger partial charge on any atom is -0.497 e. The van der Waals surface area contributed by atoms with Gasteiger partial charge in [-0.25, -0.2) is 0 Å². The van der Waals surface area contributed by atoms with Crippen LogP contribution in [0.5, 0.6) is 11.5 Å². The number of rotatable bonds is 9. The molecule has 7 nitrogen and oxygen atoms in total. The zero-order valence-corrected chi connectivity index (χ0v) is 15.9. The van der Waals surface area contributed by atoms with Crippen LogP contribution in [0, 0.1) is 0 Å². The van der Waals surface area contributed by atoms with Gasteiger partial charge >= 0.3 is 0 Å². The molecular formula is C19H30N3O4+. The fourth-order valence-corrected chi connectivity index (χ4v) is 3.38. The van der Waals surface area contributed by atoms with Crippen molar-refractivity contribution in [2.24, 2.45) is 0 Å². The second kappa shape index (κ2) is 10.0. The number of carbonyl (C=O) groups is 2. The second-order valence-corrected chi connectivity index (χ2v) is 6.51. The number of hydrogen-bond donors (Lipinski definition) is 3. The molecule has 1 aliphatic heterocycles. The lowest BCUT2D eigenvalue weighted by Crippen LogP contribution is -3.11. The van der Waals surface area contributed by atoms with E-state index in [1.54, 1.807) is 14.2 Å². The van der Waals surface area contributed by atoms with Gasteiger partial charge < -0.3 is 25.0 Å². The molecule has 1 fully saturated rings. The number of carbonyl (C=O) groups excluding carboxylic acids is 2. The van der Waals surface area contributed by atoms with Crippen LogP contribution in [-0.4, -0.2) is 52.2 Å². The van der Waals surface area contributed by atoms with Gasteiger partial charge in [-0.05, 0) is 24.6 Å². The smallest absolute Gasteiger partial charge is 0.275 e. The molecule has 0 aromatic heterocycles. The lowest BCUT2D eigenvalue weighted by Gasteiger charge is -2.23. The van der Waals surface area contributed by atoms with Crippen LogP contribution >= 0.6 is 0 Å². The molecule has 0 aliphatic carbocycles. The Bertz CT molecular complexity index is 621. The minimum atomic E-state index is -0.150. The van der Waals surface area contributed by atoms with Crippen molar-refractivity contribution in [3.63, 3.8) is 0 Å². The molecule has 0 spiro atoms. The molecule has 1 heterocycles. The molecule has 1 aromatic rings. The molecule has 0 saturated carbocycles. The predicted molar refractivity (Wildman–Crippen MR) is 98.5 cm³/mol. The average molecular weight is 364 g/mol. The van der Waals surface area contributed by atoms with Crippen molar-refractivity contribution in [1.29, 1.82) is 0 Å². The molecule has 2 atom stereocenters. The highest BCUT2D eigenvalue weighted by Crippen LogP contribution is 2.31. The normalized spacial score (nSPS) is 19.0. The molecule has 1 unspecified atom stereocenters. The highest BCUT2D eigenvalue weighted by molar-refractivity contribution is 5.85. The zero-order chi connectivity index (χ0) is 18.9. The van der Waals surface area contributed by atoms with Crippen LogP contribution in [-0.2, 0) is 9.59 Å². The number of methoxy groups -OCH3 is 2. The SMILES string of the molecule is CCCNC(=O)CNC(=O)C[NH+]1CCC[C@@H]1c1cc(OC)ccc1OC. The molecule has 2 amide bonds. The van der Waals surface area contributed by atoms with Crippen molar-refractivity contribution in [2.45, 2.75) is 32.2 Å². The van der Waals surface area contributed by atoms with Gasteiger partial charge in [0.25, 0.3) is 5.91 Å². The van der Waals surface area contributed by atoms with Gasteiger partial charge in [0.1, 0.15) is 17.5 Å². The first kappa shape index (κ1) is 20.0. The number of ether oxygens (including phenoxy) is 2. The molecule has 1 aliphatic rings. The molecule has 0 radical (unpaired) electrons. The Morgan fingerprint density at radius 3 is 2.69 bits per heavy atom. The lowest BCUT2D eigenvalue weighted by molar-refractivity contribution is -0.910. The Balaban J connectivity index is 1.97. The highest BCUT2D eigenvalue weighted by atomic mass is 16.5. The number of hydrogen-bond acceptors (Lipinski definition) is 4. The van der Waals surface area contributed by atoms with E-state index >= 15 is 0 Å². The maximum absolute atomic E-state index is 12.3. The zero-order valence-electron chi connectivity index (χ0n) is 15.9. The van der Waals surface area contributed by atoms with Crippen LogP contribution in [0.3, 0.4) is 0 Å². The van der Waals surface area contributed by atoms with Gasteiger partial charge in [0, 0.05) is 19.4 Å². The fraction of sp³-hybridized carbons (Fsp3) is 0.579. The summed E-state index contributed by atoms with van der Waals surface area (Å²) in [5, 5.41) is 5.47. The van der Waals surface area contributed by atoms with Crippen LogP contribution in [0.4, 0.5) is 0 Å². The van der Waals surface area contributed by atoms with Crippen molar-refractivity contribution in [3.8, 4) is 11.5 Å². The van der Waals surface area contributed by atoms with Gasteiger partial charge in [-0.1, -0.05) is 6.92 Å². The Labute approximate surface area is 155 Å². The van der Waals surface area contributed by atoms with Gasteiger partial charge in [0.05, 0.1) is 32.9 Å². The monoisotopic (exact) mass is 364 g/mol. The number of amides is 2. The van der Waals surface area contributed by atoms with Crippen molar-refractivity contribution < 1.29 is 24.0 Å². The van der Waals surface area contributed by atoms with E-state index in [1.165, 1.54) is 4.90 Å². The Morgan fingerprint density at radius 1 is 1.19 bits per heavy atom. The third-order valence-electron chi connectivity index (χ3n) is 4.70. The summed E-state index contributed by atoms with van der Waals surface area (Å²) < 4.78 is 10.8. The van der Waals surface area contributed by atoms with Gasteiger partial charge in [-0.2, -0.15) is 0 Å². The Morgan fingerprint density at radius 2 is 2.00 bits per heavy atom. The first-order valence-electron chi connectivity index (χ1n) is 9.19. The van der Waals surface area contributed by atoms with Crippen LogP contribution in [0.1, 0.15) is 37.8 Å². The van der Waals surface area contributed by atoms with Crippen molar-refractivity contribution in [2.75, 3.05) is 40.4 Å². The third-order valence-corrected chi connectivity index (χ3v) is 4.70. The predicted octanol–water partition coefficient (Wildman–Crippen LogP) is 0.0660. The molecule has 2 rings (SSSR count). The van der Waals surface area contributed by atoms with Gasteiger partial charge in [0.15, 0.2) is 6.54 Å². The fourth-order valence-electron chi connectivity index (χ4n) is 3.38. The highest BCUT2D eigenvalue weighted by Gasteiger charge is 2.33. The lowest BCUT2D eigenvalue weighted by atomic mass is 10.0. The maximum Gasteiger partial charge on any atom is 0.275 e. The van der Waals surface area contributed by atoms with Gasteiger partial charge in [0.2, 0.25) is 5.91 Å². The summed E-state index contributed by atoms with van der Waals surface area (Å²) in [6.07, 6.45) is 2.91. The van der Waals surface area contributed by atoms with E-state index in [0.717, 1.165) is 42.9 Å². The molecule has 26 heavy (non-hydrogen) atoms. The molecule has 3 N–H and O–H groups in total. The van der Waals surface area contributed by atoms with E-state index in [4.69, 9.17) is 9.47 Å². The largest absolute Gasteiger partial charge is 0.497 e. The summed E-state index contributed by atoms with van der Waals surface area (Å²) >= 11 is 0. The number of quaternary nitrogens is 1. The quantitative estimate of drug-likeness (QED) is 0.579. The summed E-state index contributed by atoms with van der Waals surface area (Å²) in [6, 6.07) is 5.95. The standard InChI is InChI=1S/C19H29N3O4/c1-4-9-20-18(23)12-21-19(24)13-22-10-5-6-16(22)15-11-14(25-2)7-8-17(15)26-3/h7-8,11,16H,4-6,9-10,12-13H2,1-3H3,(H,20,23)(H,21,24)/p+1/t16-/m1/s1. The average Bonchev–Trinajstić information content (AvgIpc) is 3.11. The molecule has 1 saturated heterocycles. The van der Waals surface area contributed by atoms with Crippen molar-refractivity contribution in [3.05, 3.63) is 23.8 Å². The minimum absolute atomic E-state index is 0.0270. The topological polar surface area (TPSA) is 81.1 Å². The van der Waals surface area contributed by atoms with E-state index in [1.807, 2.05) is 25.1 Å². The van der Waals surface area contributed by atoms with E-state index in [0.29, 0.717) is 13.1 Å². The van der Waals surface area contributed by atoms with Crippen LogP contribution in [0.2, 0.25) is 0 Å². The molecular weight excluding hydrogens is 334 g/mol. The van der Waals surface area contributed by atoms with E-state index in [-0.39, 0.29) is 24.4 Å². The number of nitrogens with one attached hydrogen (secondary N) is 3. The van der Waals surface area contributed by atoms with Crippen LogP contribution in [0.25, 0.3) is 0 Å². The Kier molecular flexibility index (Phi) is 7.72. The number of likely N-dealkylation sites (tertiary alicyclic amines) is 1. The summed E-state index contributed by atoms with van der Waals surface area (Å²) in [7, 11) is 3.30.